The van der Waals surface area contributed by atoms with Gasteiger partial charge in [-0.25, -0.2) is 0 Å². The van der Waals surface area contributed by atoms with Crippen molar-refractivity contribution in [2.24, 2.45) is 11.3 Å². The molecule has 2 aliphatic rings. The molecule has 1 aliphatic heterocycles. The van der Waals surface area contributed by atoms with Gasteiger partial charge in [0.2, 0.25) is 5.91 Å². The van der Waals surface area contributed by atoms with Crippen molar-refractivity contribution in [1.29, 1.82) is 0 Å². The second-order valence-electron chi connectivity index (χ2n) is 9.32. The van der Waals surface area contributed by atoms with Gasteiger partial charge in [-0.05, 0) is 69.1 Å². The van der Waals surface area contributed by atoms with E-state index in [-0.39, 0.29) is 5.91 Å². The van der Waals surface area contributed by atoms with Crippen molar-refractivity contribution in [3.63, 3.8) is 0 Å². The maximum atomic E-state index is 13.3. The van der Waals surface area contributed by atoms with Gasteiger partial charge in [-0.3, -0.25) is 4.79 Å². The summed E-state index contributed by atoms with van der Waals surface area (Å²) in [6.45, 7) is 13.6. The molecule has 1 heterocycles. The first-order chi connectivity index (χ1) is 12.8. The maximum Gasteiger partial charge on any atom is 0.232 e. The van der Waals surface area contributed by atoms with E-state index < -0.39 is 5.41 Å². The maximum absolute atomic E-state index is 13.3. The molecule has 1 aromatic rings. The molecule has 1 aliphatic carbocycles. The van der Waals surface area contributed by atoms with E-state index in [1.54, 1.807) is 0 Å². The Morgan fingerprint density at radius 2 is 1.93 bits per heavy atom. The number of hydrogen-bond acceptors (Lipinski definition) is 3. The van der Waals surface area contributed by atoms with E-state index in [2.05, 4.69) is 25.7 Å². The monoisotopic (exact) mass is 373 g/mol. The molecule has 0 aromatic heterocycles. The normalized spacial score (nSPS) is 25.1. The highest BCUT2D eigenvalue weighted by Crippen LogP contribution is 2.50. The molecule has 0 unspecified atom stereocenters. The van der Waals surface area contributed by atoms with Crippen LogP contribution in [-0.4, -0.2) is 43.2 Å². The fourth-order valence-electron chi connectivity index (χ4n) is 4.45. The quantitative estimate of drug-likeness (QED) is 0.710. The first-order valence-electron chi connectivity index (χ1n) is 10.4. The summed E-state index contributed by atoms with van der Waals surface area (Å²) < 4.78 is 11.5. The minimum atomic E-state index is -0.523. The van der Waals surface area contributed by atoms with Crippen molar-refractivity contribution in [1.82, 2.24) is 4.90 Å². The zero-order valence-corrected chi connectivity index (χ0v) is 17.6. The zero-order chi connectivity index (χ0) is 19.7. The molecule has 1 aromatic carbocycles. The van der Waals surface area contributed by atoms with Crippen LogP contribution in [0.25, 0.3) is 0 Å². The van der Waals surface area contributed by atoms with Crippen molar-refractivity contribution < 1.29 is 14.3 Å². The van der Waals surface area contributed by atoms with Crippen molar-refractivity contribution in [3.8, 4) is 5.75 Å². The predicted octanol–water partition coefficient (Wildman–Crippen LogP) is 4.42. The summed E-state index contributed by atoms with van der Waals surface area (Å²) in [5.74, 6) is 1.60. The predicted molar refractivity (Wildman–Crippen MR) is 108 cm³/mol. The van der Waals surface area contributed by atoms with E-state index in [1.165, 1.54) is 0 Å². The summed E-state index contributed by atoms with van der Waals surface area (Å²) in [4.78, 5) is 15.3. The number of hydrogen-bond donors (Lipinski definition) is 0. The highest BCUT2D eigenvalue weighted by atomic mass is 16.5. The summed E-state index contributed by atoms with van der Waals surface area (Å²) in [5, 5.41) is 0. The number of rotatable bonds is 7. The highest BCUT2D eigenvalue weighted by molar-refractivity contribution is 5.87. The molecule has 1 saturated heterocycles. The van der Waals surface area contributed by atoms with Crippen LogP contribution < -0.4 is 4.74 Å². The fourth-order valence-corrected chi connectivity index (χ4v) is 4.45. The van der Waals surface area contributed by atoms with E-state index in [4.69, 9.17) is 9.47 Å². The number of likely N-dealkylation sites (tertiary alicyclic amines) is 1. The summed E-state index contributed by atoms with van der Waals surface area (Å²) in [7, 11) is 0. The molecule has 4 heteroatoms. The second kappa shape index (κ2) is 7.83. The third kappa shape index (κ3) is 4.31. The molecule has 150 valence electrons. The van der Waals surface area contributed by atoms with Gasteiger partial charge < -0.3 is 14.4 Å². The SMILES string of the molecule is CCOC1CC2(CCN(C(=O)C(C)(C)c3ccc(OCC(C)C)cc3)C2)C1. The Bertz CT molecular complexity index is 644. The highest BCUT2D eigenvalue weighted by Gasteiger charge is 2.51. The lowest BCUT2D eigenvalue weighted by molar-refractivity contribution is -0.137. The smallest absolute Gasteiger partial charge is 0.232 e. The van der Waals surface area contributed by atoms with Crippen LogP contribution in [0.4, 0.5) is 0 Å². The largest absolute Gasteiger partial charge is 0.493 e. The van der Waals surface area contributed by atoms with Gasteiger partial charge in [0.15, 0.2) is 0 Å². The van der Waals surface area contributed by atoms with Crippen LogP contribution in [0.5, 0.6) is 5.75 Å². The lowest BCUT2D eigenvalue weighted by Gasteiger charge is -2.45. The van der Waals surface area contributed by atoms with Crippen molar-refractivity contribution in [2.45, 2.75) is 65.4 Å². The molecule has 1 saturated carbocycles. The Morgan fingerprint density at radius 3 is 2.52 bits per heavy atom. The molecular weight excluding hydrogens is 338 g/mol. The molecule has 0 bridgehead atoms. The minimum Gasteiger partial charge on any atom is -0.493 e. The summed E-state index contributed by atoms with van der Waals surface area (Å²) in [5.41, 5.74) is 0.830. The van der Waals surface area contributed by atoms with E-state index in [0.717, 1.165) is 50.3 Å². The standard InChI is InChI=1S/C23H35NO3/c1-6-26-20-13-23(14-20)11-12-24(16-23)21(25)22(4,5)18-7-9-19(10-8-18)27-15-17(2)3/h7-10,17,20H,6,11-16H2,1-5H3. The molecule has 27 heavy (non-hydrogen) atoms. The van der Waals surface area contributed by atoms with E-state index in [9.17, 15) is 4.79 Å². The average molecular weight is 374 g/mol. The third-order valence-electron chi connectivity index (χ3n) is 6.14. The van der Waals surface area contributed by atoms with E-state index >= 15 is 0 Å². The van der Waals surface area contributed by atoms with Crippen LogP contribution in [0.3, 0.4) is 0 Å². The Balaban J connectivity index is 1.60. The molecule has 2 fully saturated rings. The average Bonchev–Trinajstić information content (AvgIpc) is 3.05. The Labute approximate surface area is 164 Å². The van der Waals surface area contributed by atoms with Crippen molar-refractivity contribution in [2.75, 3.05) is 26.3 Å². The number of amides is 1. The van der Waals surface area contributed by atoms with Gasteiger partial charge in [-0.2, -0.15) is 0 Å². The van der Waals surface area contributed by atoms with Gasteiger partial charge in [-0.1, -0.05) is 26.0 Å². The molecule has 3 rings (SSSR count). The number of carbonyl (C=O) groups is 1. The minimum absolute atomic E-state index is 0.232. The van der Waals surface area contributed by atoms with Gasteiger partial charge in [0.05, 0.1) is 18.1 Å². The van der Waals surface area contributed by atoms with Gasteiger partial charge >= 0.3 is 0 Å². The Kier molecular flexibility index (Phi) is 5.85. The Morgan fingerprint density at radius 1 is 1.26 bits per heavy atom. The Hall–Kier alpha value is -1.55. The molecule has 1 spiro atoms. The van der Waals surface area contributed by atoms with Crippen LogP contribution in [0.1, 0.15) is 59.4 Å². The molecule has 1 amide bonds. The van der Waals surface area contributed by atoms with Crippen LogP contribution in [0.2, 0.25) is 0 Å². The first-order valence-corrected chi connectivity index (χ1v) is 10.4. The summed E-state index contributed by atoms with van der Waals surface area (Å²) in [6, 6.07) is 8.04. The molecule has 0 N–H and O–H groups in total. The van der Waals surface area contributed by atoms with E-state index in [1.807, 2.05) is 38.1 Å². The first kappa shape index (κ1) is 20.2. The topological polar surface area (TPSA) is 38.8 Å². The van der Waals surface area contributed by atoms with Crippen LogP contribution >= 0.6 is 0 Å². The second-order valence-corrected chi connectivity index (χ2v) is 9.32. The van der Waals surface area contributed by atoms with Crippen molar-refractivity contribution >= 4 is 5.91 Å². The van der Waals surface area contributed by atoms with Crippen LogP contribution in [0, 0.1) is 11.3 Å². The molecule has 0 atom stereocenters. The number of benzene rings is 1. The number of nitrogens with zero attached hydrogens (tertiary/aromatic N) is 1. The van der Waals surface area contributed by atoms with Crippen LogP contribution in [-0.2, 0) is 14.9 Å². The van der Waals surface area contributed by atoms with Crippen molar-refractivity contribution in [3.05, 3.63) is 29.8 Å². The van der Waals surface area contributed by atoms with Gasteiger partial charge in [0, 0.05) is 19.7 Å². The fraction of sp³-hybridized carbons (Fsp3) is 0.696. The number of carbonyl (C=O) groups excluding carboxylic acids is 1. The molecular formula is C23H35NO3. The zero-order valence-electron chi connectivity index (χ0n) is 17.6. The lowest BCUT2D eigenvalue weighted by Crippen LogP contribution is -2.47. The lowest BCUT2D eigenvalue weighted by atomic mass is 9.66. The number of ether oxygens (including phenoxy) is 2. The van der Waals surface area contributed by atoms with Gasteiger partial charge in [-0.15, -0.1) is 0 Å². The van der Waals surface area contributed by atoms with E-state index in [0.29, 0.717) is 24.0 Å². The summed E-state index contributed by atoms with van der Waals surface area (Å²) >= 11 is 0. The molecule has 4 nitrogen and oxygen atoms in total. The summed E-state index contributed by atoms with van der Waals surface area (Å²) in [6.07, 6.45) is 3.72. The van der Waals surface area contributed by atoms with Crippen LogP contribution in [0.15, 0.2) is 24.3 Å². The third-order valence-corrected chi connectivity index (χ3v) is 6.14. The molecule has 0 radical (unpaired) electrons. The van der Waals surface area contributed by atoms with Gasteiger partial charge in [0.25, 0.3) is 0 Å². The van der Waals surface area contributed by atoms with Gasteiger partial charge in [0.1, 0.15) is 5.75 Å².